The van der Waals surface area contributed by atoms with E-state index in [2.05, 4.69) is 12.2 Å². The second kappa shape index (κ2) is 8.01. The first-order valence-electron chi connectivity index (χ1n) is 7.85. The molecular weight excluding hydrogens is 310 g/mol. The van der Waals surface area contributed by atoms with E-state index in [9.17, 15) is 12.6 Å². The van der Waals surface area contributed by atoms with Gasteiger partial charge < -0.3 is 5.32 Å². The first-order chi connectivity index (χ1) is 10.0. The second-order valence-corrected chi connectivity index (χ2v) is 9.43. The van der Waals surface area contributed by atoms with Crippen LogP contribution in [0, 0.1) is 5.92 Å². The van der Waals surface area contributed by atoms with Crippen LogP contribution < -0.4 is 5.32 Å². The van der Waals surface area contributed by atoms with Gasteiger partial charge in [0.05, 0.1) is 0 Å². The number of hydrogen-bond acceptors (Lipinski definition) is 4. The van der Waals surface area contributed by atoms with Gasteiger partial charge in [0.15, 0.2) is 0 Å². The molecule has 6 nitrogen and oxygen atoms in total. The summed E-state index contributed by atoms with van der Waals surface area (Å²) < 4.78 is 39.6. The summed E-state index contributed by atoms with van der Waals surface area (Å²) >= 11 is 0. The molecule has 2 saturated heterocycles. The largest absolute Gasteiger partial charge is 0.316 e. The van der Waals surface area contributed by atoms with Gasteiger partial charge in [-0.15, -0.1) is 0 Å². The molecule has 0 atom stereocenters. The number of piperidine rings is 1. The Morgan fingerprint density at radius 3 is 2.24 bits per heavy atom. The summed E-state index contributed by atoms with van der Waals surface area (Å²) in [5.74, 6) is 1.52. The van der Waals surface area contributed by atoms with Crippen LogP contribution in [0.5, 0.6) is 0 Å². The molecule has 0 spiro atoms. The van der Waals surface area contributed by atoms with Crippen molar-refractivity contribution in [2.24, 2.45) is 5.92 Å². The van der Waals surface area contributed by atoms with E-state index < -0.39 is 21.0 Å². The van der Waals surface area contributed by atoms with E-state index in [0.29, 0.717) is 43.6 Å². The summed E-state index contributed by atoms with van der Waals surface area (Å²) in [5, 5.41) is 3.41. The smallest absolute Gasteiger partial charge is 0.282 e. The van der Waals surface area contributed by atoms with E-state index in [1.165, 1.54) is 4.31 Å². The highest BCUT2D eigenvalue weighted by Crippen LogP contribution is 2.21. The zero-order valence-electron chi connectivity index (χ0n) is 12.8. The van der Waals surface area contributed by atoms with Gasteiger partial charge in [-0.3, -0.25) is 4.21 Å². The van der Waals surface area contributed by atoms with Crippen LogP contribution in [0.3, 0.4) is 0 Å². The number of rotatable bonds is 6. The number of hydrogen-bond donors (Lipinski definition) is 1. The van der Waals surface area contributed by atoms with Crippen LogP contribution in [0.25, 0.3) is 0 Å². The van der Waals surface area contributed by atoms with Gasteiger partial charge in [-0.25, -0.2) is 0 Å². The van der Waals surface area contributed by atoms with Gasteiger partial charge in [0.2, 0.25) is 0 Å². The Hall–Kier alpha value is -0.0200. The summed E-state index contributed by atoms with van der Waals surface area (Å²) in [4.78, 5) is 0. The standard InChI is InChI=1S/C13H27N3O3S2/c1-2-5-14-12-13-3-6-15(7-4-13)21(18,19)16-8-10-20(17)11-9-16/h13-14H,2-12H2,1H3. The van der Waals surface area contributed by atoms with E-state index in [1.54, 1.807) is 4.31 Å². The second-order valence-electron chi connectivity index (χ2n) is 5.80. The van der Waals surface area contributed by atoms with Crippen LogP contribution in [0.2, 0.25) is 0 Å². The lowest BCUT2D eigenvalue weighted by Gasteiger charge is -2.36. The van der Waals surface area contributed by atoms with Crippen molar-refractivity contribution >= 4 is 21.0 Å². The van der Waals surface area contributed by atoms with Gasteiger partial charge in [-0.1, -0.05) is 6.92 Å². The van der Waals surface area contributed by atoms with Crippen LogP contribution >= 0.6 is 0 Å². The van der Waals surface area contributed by atoms with Crippen molar-refractivity contribution in [2.75, 3.05) is 50.8 Å². The average molecular weight is 338 g/mol. The molecule has 0 saturated carbocycles. The van der Waals surface area contributed by atoms with Crippen molar-refractivity contribution in [3.63, 3.8) is 0 Å². The predicted octanol–water partition coefficient (Wildman–Crippen LogP) is 0.00710. The molecule has 8 heteroatoms. The molecule has 0 aromatic carbocycles. The maximum absolute atomic E-state index is 12.6. The van der Waals surface area contributed by atoms with Gasteiger partial charge in [0.25, 0.3) is 10.2 Å². The third-order valence-electron chi connectivity index (χ3n) is 4.22. The molecule has 0 unspecified atom stereocenters. The molecule has 0 bridgehead atoms. The first-order valence-corrected chi connectivity index (χ1v) is 10.7. The molecule has 2 rings (SSSR count). The molecule has 1 N–H and O–H groups in total. The quantitative estimate of drug-likeness (QED) is 0.693. The highest BCUT2D eigenvalue weighted by molar-refractivity contribution is 7.87. The van der Waals surface area contributed by atoms with Crippen molar-refractivity contribution in [1.29, 1.82) is 0 Å². The van der Waals surface area contributed by atoms with Crippen LogP contribution in [0.15, 0.2) is 0 Å². The fourth-order valence-electron chi connectivity index (χ4n) is 2.84. The summed E-state index contributed by atoms with van der Waals surface area (Å²) in [6.07, 6.45) is 2.98. The summed E-state index contributed by atoms with van der Waals surface area (Å²) in [6, 6.07) is 0. The minimum absolute atomic E-state index is 0.396. The molecule has 2 aliphatic rings. The Labute approximate surface area is 130 Å². The molecule has 2 heterocycles. The van der Waals surface area contributed by atoms with E-state index in [0.717, 1.165) is 32.4 Å². The Kier molecular flexibility index (Phi) is 6.61. The van der Waals surface area contributed by atoms with Gasteiger partial charge in [-0.05, 0) is 38.3 Å². The fraction of sp³-hybridized carbons (Fsp3) is 1.00. The van der Waals surface area contributed by atoms with Crippen LogP contribution in [0.4, 0.5) is 0 Å². The zero-order valence-corrected chi connectivity index (χ0v) is 14.4. The normalized spacial score (nSPS) is 24.4. The number of nitrogens with one attached hydrogen (secondary N) is 1. The third-order valence-corrected chi connectivity index (χ3v) is 7.53. The van der Waals surface area contributed by atoms with Gasteiger partial charge in [0, 0.05) is 48.5 Å². The van der Waals surface area contributed by atoms with Crippen molar-refractivity contribution in [2.45, 2.75) is 26.2 Å². The minimum Gasteiger partial charge on any atom is -0.316 e. The molecule has 0 aromatic rings. The summed E-state index contributed by atoms with van der Waals surface area (Å²) in [7, 11) is -4.19. The van der Waals surface area contributed by atoms with Crippen LogP contribution in [0.1, 0.15) is 26.2 Å². The molecule has 21 heavy (non-hydrogen) atoms. The summed E-state index contributed by atoms with van der Waals surface area (Å²) in [5.41, 5.74) is 0. The van der Waals surface area contributed by atoms with Crippen molar-refractivity contribution < 1.29 is 12.6 Å². The lowest BCUT2D eigenvalue weighted by molar-refractivity contribution is 0.251. The van der Waals surface area contributed by atoms with Gasteiger partial charge in [-0.2, -0.15) is 17.0 Å². The SMILES string of the molecule is CCCNCC1CCN(S(=O)(=O)N2CCS(=O)CC2)CC1. The average Bonchev–Trinajstić information content (AvgIpc) is 2.48. The highest BCUT2D eigenvalue weighted by Gasteiger charge is 2.34. The Bertz CT molecular complexity index is 438. The topological polar surface area (TPSA) is 69.7 Å². The lowest BCUT2D eigenvalue weighted by atomic mass is 9.98. The Morgan fingerprint density at radius 2 is 1.67 bits per heavy atom. The molecule has 0 radical (unpaired) electrons. The molecule has 2 aliphatic heterocycles. The highest BCUT2D eigenvalue weighted by atomic mass is 32.2. The Morgan fingerprint density at radius 1 is 1.10 bits per heavy atom. The predicted molar refractivity (Wildman–Crippen MR) is 85.8 cm³/mol. The molecule has 2 fully saturated rings. The minimum atomic E-state index is -3.35. The monoisotopic (exact) mass is 337 g/mol. The summed E-state index contributed by atoms with van der Waals surface area (Å²) in [6.45, 7) is 6.18. The third kappa shape index (κ3) is 4.72. The van der Waals surface area contributed by atoms with Crippen molar-refractivity contribution in [1.82, 2.24) is 13.9 Å². The van der Waals surface area contributed by atoms with E-state index in [1.807, 2.05) is 0 Å². The molecule has 0 aromatic heterocycles. The van der Waals surface area contributed by atoms with E-state index in [-0.39, 0.29) is 0 Å². The van der Waals surface area contributed by atoms with Gasteiger partial charge >= 0.3 is 0 Å². The molecule has 0 aliphatic carbocycles. The van der Waals surface area contributed by atoms with Crippen LogP contribution in [-0.2, 0) is 21.0 Å². The van der Waals surface area contributed by atoms with Crippen molar-refractivity contribution in [3.05, 3.63) is 0 Å². The molecular formula is C13H27N3O3S2. The van der Waals surface area contributed by atoms with Crippen molar-refractivity contribution in [3.8, 4) is 0 Å². The van der Waals surface area contributed by atoms with E-state index in [4.69, 9.17) is 0 Å². The molecule has 124 valence electrons. The van der Waals surface area contributed by atoms with E-state index >= 15 is 0 Å². The first kappa shape index (κ1) is 17.3. The van der Waals surface area contributed by atoms with Crippen LogP contribution in [-0.4, -0.2) is 72.0 Å². The fourth-order valence-corrected chi connectivity index (χ4v) is 5.77. The number of nitrogens with zero attached hydrogens (tertiary/aromatic N) is 2. The maximum Gasteiger partial charge on any atom is 0.282 e. The maximum atomic E-state index is 12.6. The van der Waals surface area contributed by atoms with Gasteiger partial charge in [0.1, 0.15) is 0 Å². The zero-order chi connectivity index (χ0) is 15.3. The lowest BCUT2D eigenvalue weighted by Crippen LogP contribution is -2.51. The Balaban J connectivity index is 1.82. The molecule has 0 amide bonds.